The predicted molar refractivity (Wildman–Crippen MR) is 105 cm³/mol. The Balaban J connectivity index is 1.84. The maximum atomic E-state index is 12.8. The lowest BCUT2D eigenvalue weighted by Gasteiger charge is -2.20. The van der Waals surface area contributed by atoms with Crippen LogP contribution in [0.5, 0.6) is 11.5 Å². The number of ether oxygens (including phenoxy) is 2. The molecular formula is C21H24N2O4. The summed E-state index contributed by atoms with van der Waals surface area (Å²) in [7, 11) is 0. The zero-order valence-electron chi connectivity index (χ0n) is 15.7. The summed E-state index contributed by atoms with van der Waals surface area (Å²) in [5.74, 6) is 0.962. The smallest absolute Gasteiger partial charge is 0.255 e. The van der Waals surface area contributed by atoms with Crippen molar-refractivity contribution in [3.63, 3.8) is 0 Å². The lowest BCUT2D eigenvalue weighted by atomic mass is 10.1. The summed E-state index contributed by atoms with van der Waals surface area (Å²) in [6.07, 6.45) is 1.37. The molecule has 6 heteroatoms. The van der Waals surface area contributed by atoms with Crippen LogP contribution in [0.2, 0.25) is 0 Å². The number of nitrogens with zero attached hydrogens (tertiary/aromatic N) is 1. The Hall–Kier alpha value is -3.02. The highest BCUT2D eigenvalue weighted by Crippen LogP contribution is 2.31. The molecular weight excluding hydrogens is 344 g/mol. The van der Waals surface area contributed by atoms with Crippen molar-refractivity contribution >= 4 is 23.2 Å². The molecule has 0 atom stereocenters. The van der Waals surface area contributed by atoms with Gasteiger partial charge in [-0.25, -0.2) is 0 Å². The molecule has 0 spiro atoms. The zero-order valence-corrected chi connectivity index (χ0v) is 15.7. The van der Waals surface area contributed by atoms with E-state index in [0.29, 0.717) is 48.9 Å². The minimum absolute atomic E-state index is 0.0800. The van der Waals surface area contributed by atoms with Crippen LogP contribution in [-0.4, -0.2) is 31.6 Å². The van der Waals surface area contributed by atoms with Crippen LogP contribution < -0.4 is 19.7 Å². The number of carbonyl (C=O) groups is 2. The number of carbonyl (C=O) groups excluding carboxylic acids is 2. The van der Waals surface area contributed by atoms with Gasteiger partial charge in [0, 0.05) is 18.5 Å². The van der Waals surface area contributed by atoms with Crippen molar-refractivity contribution in [3.05, 3.63) is 48.0 Å². The molecule has 1 aliphatic rings. The van der Waals surface area contributed by atoms with Crippen molar-refractivity contribution in [1.29, 1.82) is 0 Å². The van der Waals surface area contributed by atoms with Crippen molar-refractivity contribution in [1.82, 2.24) is 0 Å². The molecule has 6 nitrogen and oxygen atoms in total. The van der Waals surface area contributed by atoms with Crippen LogP contribution in [0.1, 0.15) is 37.0 Å². The summed E-state index contributed by atoms with van der Waals surface area (Å²) in [6, 6.07) is 12.5. The van der Waals surface area contributed by atoms with Crippen LogP contribution in [-0.2, 0) is 4.79 Å². The third-order valence-electron chi connectivity index (χ3n) is 4.32. The van der Waals surface area contributed by atoms with Gasteiger partial charge in [-0.05, 0) is 50.6 Å². The van der Waals surface area contributed by atoms with Crippen molar-refractivity contribution < 1.29 is 19.1 Å². The number of hydrogen-bond acceptors (Lipinski definition) is 4. The van der Waals surface area contributed by atoms with E-state index < -0.39 is 0 Å². The first-order chi connectivity index (χ1) is 13.1. The van der Waals surface area contributed by atoms with Gasteiger partial charge < -0.3 is 19.7 Å². The summed E-state index contributed by atoms with van der Waals surface area (Å²) < 4.78 is 11.1. The highest BCUT2D eigenvalue weighted by atomic mass is 16.5. The van der Waals surface area contributed by atoms with Crippen LogP contribution >= 0.6 is 0 Å². The van der Waals surface area contributed by atoms with Crippen LogP contribution in [0.25, 0.3) is 0 Å². The first kappa shape index (κ1) is 18.8. The Bertz CT molecular complexity index is 835. The van der Waals surface area contributed by atoms with E-state index >= 15 is 0 Å². The Labute approximate surface area is 159 Å². The van der Waals surface area contributed by atoms with Gasteiger partial charge in [0.2, 0.25) is 5.91 Å². The molecule has 0 aromatic heterocycles. The van der Waals surface area contributed by atoms with Gasteiger partial charge in [0.25, 0.3) is 5.91 Å². The van der Waals surface area contributed by atoms with Crippen molar-refractivity contribution in [2.24, 2.45) is 0 Å². The van der Waals surface area contributed by atoms with Crippen LogP contribution in [0.15, 0.2) is 42.5 Å². The Morgan fingerprint density at radius 1 is 1.07 bits per heavy atom. The van der Waals surface area contributed by atoms with Gasteiger partial charge in [-0.2, -0.15) is 0 Å². The van der Waals surface area contributed by atoms with E-state index in [2.05, 4.69) is 5.32 Å². The summed E-state index contributed by atoms with van der Waals surface area (Å²) in [6.45, 7) is 5.44. The van der Waals surface area contributed by atoms with Crippen LogP contribution in [0, 0.1) is 0 Å². The summed E-state index contributed by atoms with van der Waals surface area (Å²) in [5.41, 5.74) is 1.80. The van der Waals surface area contributed by atoms with E-state index in [0.717, 1.165) is 12.1 Å². The molecule has 1 saturated heterocycles. The van der Waals surface area contributed by atoms with Gasteiger partial charge in [0.15, 0.2) is 11.5 Å². The molecule has 0 bridgehead atoms. The van der Waals surface area contributed by atoms with E-state index in [1.165, 1.54) is 0 Å². The van der Waals surface area contributed by atoms with E-state index in [1.54, 1.807) is 29.2 Å². The molecule has 1 heterocycles. The lowest BCUT2D eigenvalue weighted by Crippen LogP contribution is -2.25. The first-order valence-electron chi connectivity index (χ1n) is 9.24. The molecule has 0 saturated carbocycles. The molecule has 2 aromatic carbocycles. The molecule has 0 aliphatic carbocycles. The minimum Gasteiger partial charge on any atom is -0.490 e. The summed E-state index contributed by atoms with van der Waals surface area (Å²) in [5, 5.41) is 2.92. The summed E-state index contributed by atoms with van der Waals surface area (Å²) in [4.78, 5) is 26.6. The largest absolute Gasteiger partial charge is 0.490 e. The number of nitrogens with one attached hydrogen (secondary N) is 1. The number of benzene rings is 2. The van der Waals surface area contributed by atoms with E-state index in [1.807, 2.05) is 32.0 Å². The molecule has 27 heavy (non-hydrogen) atoms. The number of para-hydroxylation sites is 2. The van der Waals surface area contributed by atoms with Crippen LogP contribution in [0.4, 0.5) is 11.4 Å². The van der Waals surface area contributed by atoms with Gasteiger partial charge in [-0.15, -0.1) is 0 Å². The highest BCUT2D eigenvalue weighted by molar-refractivity contribution is 6.08. The third kappa shape index (κ3) is 4.22. The fourth-order valence-corrected chi connectivity index (χ4v) is 3.10. The Kier molecular flexibility index (Phi) is 5.96. The second-order valence-electron chi connectivity index (χ2n) is 6.15. The average molecular weight is 368 g/mol. The molecule has 142 valence electrons. The number of hydrogen-bond donors (Lipinski definition) is 1. The van der Waals surface area contributed by atoms with Crippen molar-refractivity contribution in [2.75, 3.05) is 30.0 Å². The number of amides is 2. The van der Waals surface area contributed by atoms with Gasteiger partial charge in [-0.1, -0.05) is 12.1 Å². The topological polar surface area (TPSA) is 67.9 Å². The Morgan fingerprint density at radius 2 is 1.81 bits per heavy atom. The minimum atomic E-state index is -0.266. The molecule has 0 unspecified atom stereocenters. The predicted octanol–water partition coefficient (Wildman–Crippen LogP) is 3.86. The second-order valence-corrected chi connectivity index (χ2v) is 6.15. The molecule has 0 radical (unpaired) electrons. The molecule has 2 amide bonds. The third-order valence-corrected chi connectivity index (χ3v) is 4.32. The van der Waals surface area contributed by atoms with Gasteiger partial charge >= 0.3 is 0 Å². The maximum Gasteiger partial charge on any atom is 0.255 e. The van der Waals surface area contributed by atoms with Crippen molar-refractivity contribution in [2.45, 2.75) is 26.7 Å². The maximum absolute atomic E-state index is 12.8. The lowest BCUT2D eigenvalue weighted by molar-refractivity contribution is -0.117. The standard InChI is InChI=1S/C21H24N2O4/c1-3-26-18-12-11-15(14-19(18)27-4-2)21(25)22-16-8-5-6-9-17(16)23-13-7-10-20(23)24/h5-6,8-9,11-12,14H,3-4,7,10,13H2,1-2H3,(H,22,25). The summed E-state index contributed by atoms with van der Waals surface area (Å²) >= 11 is 0. The fourth-order valence-electron chi connectivity index (χ4n) is 3.10. The highest BCUT2D eigenvalue weighted by Gasteiger charge is 2.24. The van der Waals surface area contributed by atoms with E-state index in [-0.39, 0.29) is 11.8 Å². The number of rotatable bonds is 7. The molecule has 1 aliphatic heterocycles. The molecule has 2 aromatic rings. The fraction of sp³-hybridized carbons (Fsp3) is 0.333. The zero-order chi connectivity index (χ0) is 19.2. The van der Waals surface area contributed by atoms with E-state index in [9.17, 15) is 9.59 Å². The van der Waals surface area contributed by atoms with E-state index in [4.69, 9.17) is 9.47 Å². The molecule has 3 rings (SSSR count). The van der Waals surface area contributed by atoms with Gasteiger partial charge in [0.1, 0.15) is 0 Å². The van der Waals surface area contributed by atoms with Crippen LogP contribution in [0.3, 0.4) is 0 Å². The average Bonchev–Trinajstić information content (AvgIpc) is 3.09. The number of anilines is 2. The first-order valence-corrected chi connectivity index (χ1v) is 9.24. The second kappa shape index (κ2) is 8.58. The van der Waals surface area contributed by atoms with Crippen molar-refractivity contribution in [3.8, 4) is 11.5 Å². The normalized spacial score (nSPS) is 13.6. The van der Waals surface area contributed by atoms with Gasteiger partial charge in [-0.3, -0.25) is 9.59 Å². The van der Waals surface area contributed by atoms with Gasteiger partial charge in [0.05, 0.1) is 24.6 Å². The molecule has 1 N–H and O–H groups in total. The monoisotopic (exact) mass is 368 g/mol. The quantitative estimate of drug-likeness (QED) is 0.806. The molecule has 1 fully saturated rings. The SMILES string of the molecule is CCOc1ccc(C(=O)Nc2ccccc2N2CCCC2=O)cc1OCC. The Morgan fingerprint density at radius 3 is 2.52 bits per heavy atom.